The average molecular weight is 561 g/mol. The molecule has 2 aromatic carbocycles. The number of halogens is 3. The maximum absolute atomic E-state index is 14.7. The fourth-order valence-corrected chi connectivity index (χ4v) is 4.43. The predicted molar refractivity (Wildman–Crippen MR) is 135 cm³/mol. The van der Waals surface area contributed by atoms with Crippen molar-refractivity contribution in [1.29, 1.82) is 0 Å². The van der Waals surface area contributed by atoms with Gasteiger partial charge < -0.3 is 15.0 Å². The van der Waals surface area contributed by atoms with Crippen LogP contribution in [0.4, 0.5) is 19.3 Å². The molecule has 1 aliphatic rings. The van der Waals surface area contributed by atoms with Gasteiger partial charge in [-0.25, -0.2) is 18.3 Å². The van der Waals surface area contributed by atoms with Gasteiger partial charge in [-0.1, -0.05) is 15.9 Å². The molecule has 1 N–H and O–H groups in total. The van der Waals surface area contributed by atoms with Gasteiger partial charge in [-0.05, 0) is 70.0 Å². The number of aromatic nitrogens is 2. The van der Waals surface area contributed by atoms with E-state index in [0.29, 0.717) is 37.3 Å². The highest BCUT2D eigenvalue weighted by Crippen LogP contribution is 2.34. The summed E-state index contributed by atoms with van der Waals surface area (Å²) in [6.07, 6.45) is 2.04. The largest absolute Gasteiger partial charge is 0.444 e. The third-order valence-electron chi connectivity index (χ3n) is 5.82. The number of ether oxygens (including phenoxy) is 1. The summed E-state index contributed by atoms with van der Waals surface area (Å²) >= 11 is 3.37. The van der Waals surface area contributed by atoms with Crippen LogP contribution in [0.1, 0.15) is 55.6 Å². The van der Waals surface area contributed by atoms with E-state index in [9.17, 15) is 18.4 Å². The molecule has 190 valence electrons. The first-order chi connectivity index (χ1) is 17.0. The number of amides is 2. The first-order valence-corrected chi connectivity index (χ1v) is 12.4. The minimum atomic E-state index is -0.787. The highest BCUT2D eigenvalue weighted by molar-refractivity contribution is 9.10. The van der Waals surface area contributed by atoms with Crippen molar-refractivity contribution < 1.29 is 23.1 Å². The van der Waals surface area contributed by atoms with Crippen LogP contribution < -0.4 is 5.32 Å². The van der Waals surface area contributed by atoms with Gasteiger partial charge in [0.15, 0.2) is 5.82 Å². The summed E-state index contributed by atoms with van der Waals surface area (Å²) in [4.78, 5) is 27.4. The number of piperidine rings is 1. The zero-order chi connectivity index (χ0) is 26.0. The molecule has 0 saturated carbocycles. The number of carbonyl (C=O) groups is 2. The average Bonchev–Trinajstić information content (AvgIpc) is 3.24. The number of carbonyl (C=O) groups excluding carboxylic acids is 2. The molecule has 1 aromatic heterocycles. The molecule has 7 nitrogen and oxygen atoms in total. The second kappa shape index (κ2) is 10.4. The summed E-state index contributed by atoms with van der Waals surface area (Å²) in [7, 11) is 0. The molecular formula is C26H27BrF2N4O3. The van der Waals surface area contributed by atoms with Gasteiger partial charge in [-0.3, -0.25) is 4.79 Å². The summed E-state index contributed by atoms with van der Waals surface area (Å²) in [6.45, 7) is 6.24. The zero-order valence-electron chi connectivity index (χ0n) is 20.2. The summed E-state index contributed by atoms with van der Waals surface area (Å²) in [5.74, 6) is -2.08. The molecule has 0 spiro atoms. The Balaban J connectivity index is 1.64. The van der Waals surface area contributed by atoms with Crippen molar-refractivity contribution in [2.45, 2.75) is 45.1 Å². The Bertz CT molecular complexity index is 1260. The Morgan fingerprint density at radius 1 is 1.08 bits per heavy atom. The summed E-state index contributed by atoms with van der Waals surface area (Å²) in [5.41, 5.74) is 0.833. The van der Waals surface area contributed by atoms with Crippen LogP contribution in [0.5, 0.6) is 0 Å². The van der Waals surface area contributed by atoms with Gasteiger partial charge in [0.2, 0.25) is 0 Å². The molecule has 3 aromatic rings. The van der Waals surface area contributed by atoms with Gasteiger partial charge in [-0.2, -0.15) is 5.10 Å². The quantitative estimate of drug-likeness (QED) is 0.407. The van der Waals surface area contributed by atoms with Crippen LogP contribution in [-0.2, 0) is 4.74 Å². The normalized spacial score (nSPS) is 14.6. The van der Waals surface area contributed by atoms with E-state index in [2.05, 4.69) is 26.3 Å². The summed E-state index contributed by atoms with van der Waals surface area (Å²) in [6, 6.07) is 10.4. The van der Waals surface area contributed by atoms with E-state index in [-0.39, 0.29) is 17.2 Å². The number of benzene rings is 2. The molecule has 0 radical (unpaired) electrons. The Hall–Kier alpha value is -3.27. The highest BCUT2D eigenvalue weighted by atomic mass is 79.9. The van der Waals surface area contributed by atoms with Crippen LogP contribution in [0.25, 0.3) is 5.69 Å². The molecule has 2 amide bonds. The molecule has 0 atom stereocenters. The standard InChI is InChI=1S/C26H27BrF2N4O3/c1-26(2,3)36-25(35)32-12-10-16(11-13-32)23-20(24(34)31-19-7-4-17(27)5-8-19)15-30-33(23)22-9-6-18(28)14-21(22)29/h4-9,14-16H,10-13H2,1-3H3,(H,31,34). The lowest BCUT2D eigenvalue weighted by Gasteiger charge is -2.34. The lowest BCUT2D eigenvalue weighted by molar-refractivity contribution is 0.0203. The van der Waals surface area contributed by atoms with E-state index in [1.54, 1.807) is 29.2 Å². The van der Waals surface area contributed by atoms with Crippen molar-refractivity contribution in [3.05, 3.63) is 76.0 Å². The second-order valence-corrected chi connectivity index (χ2v) is 10.6. The van der Waals surface area contributed by atoms with Gasteiger partial charge in [-0.15, -0.1) is 0 Å². The number of hydrogen-bond acceptors (Lipinski definition) is 4. The first kappa shape index (κ1) is 25.8. The monoisotopic (exact) mass is 560 g/mol. The van der Waals surface area contributed by atoms with Gasteiger partial charge in [0.05, 0.1) is 17.5 Å². The smallest absolute Gasteiger partial charge is 0.410 e. The van der Waals surface area contributed by atoms with Crippen molar-refractivity contribution in [2.24, 2.45) is 0 Å². The van der Waals surface area contributed by atoms with Gasteiger partial charge in [0.25, 0.3) is 5.91 Å². The summed E-state index contributed by atoms with van der Waals surface area (Å²) < 4.78 is 36.0. The lowest BCUT2D eigenvalue weighted by atomic mass is 9.90. The number of rotatable bonds is 4. The number of hydrogen-bond donors (Lipinski definition) is 1. The lowest BCUT2D eigenvalue weighted by Crippen LogP contribution is -2.41. The van der Waals surface area contributed by atoms with Crippen LogP contribution in [0.15, 0.2) is 53.1 Å². The van der Waals surface area contributed by atoms with Crippen LogP contribution in [0.3, 0.4) is 0 Å². The van der Waals surface area contributed by atoms with E-state index < -0.39 is 29.2 Å². The Labute approximate surface area is 216 Å². The molecule has 0 unspecified atom stereocenters. The SMILES string of the molecule is CC(C)(C)OC(=O)N1CCC(c2c(C(=O)Nc3ccc(Br)cc3)cnn2-c2ccc(F)cc2F)CC1. The fourth-order valence-electron chi connectivity index (χ4n) is 4.16. The van der Waals surface area contributed by atoms with Crippen LogP contribution in [0, 0.1) is 11.6 Å². The van der Waals surface area contributed by atoms with Crippen LogP contribution in [-0.4, -0.2) is 45.4 Å². The third-order valence-corrected chi connectivity index (χ3v) is 6.35. The Kier molecular flexibility index (Phi) is 7.44. The topological polar surface area (TPSA) is 76.5 Å². The van der Waals surface area contributed by atoms with E-state index in [4.69, 9.17) is 4.74 Å². The van der Waals surface area contributed by atoms with E-state index in [1.807, 2.05) is 20.8 Å². The second-order valence-electron chi connectivity index (χ2n) is 9.65. The fraction of sp³-hybridized carbons (Fsp3) is 0.346. The molecule has 0 aliphatic carbocycles. The van der Waals surface area contributed by atoms with E-state index in [0.717, 1.165) is 16.6 Å². The summed E-state index contributed by atoms with van der Waals surface area (Å²) in [5, 5.41) is 7.17. The molecule has 4 rings (SSSR count). The molecule has 36 heavy (non-hydrogen) atoms. The van der Waals surface area contributed by atoms with Crippen LogP contribution in [0.2, 0.25) is 0 Å². The highest BCUT2D eigenvalue weighted by Gasteiger charge is 2.32. The molecule has 0 bridgehead atoms. The first-order valence-electron chi connectivity index (χ1n) is 11.6. The minimum Gasteiger partial charge on any atom is -0.444 e. The maximum Gasteiger partial charge on any atom is 0.410 e. The van der Waals surface area contributed by atoms with Crippen molar-refractivity contribution in [3.63, 3.8) is 0 Å². The van der Waals surface area contributed by atoms with Crippen molar-refractivity contribution >= 4 is 33.6 Å². The predicted octanol–water partition coefficient (Wildman–Crippen LogP) is 6.28. The van der Waals surface area contributed by atoms with Gasteiger partial charge >= 0.3 is 6.09 Å². The van der Waals surface area contributed by atoms with Crippen molar-refractivity contribution in [3.8, 4) is 5.69 Å². The maximum atomic E-state index is 14.7. The van der Waals surface area contributed by atoms with Crippen LogP contribution >= 0.6 is 15.9 Å². The van der Waals surface area contributed by atoms with Crippen molar-refractivity contribution in [2.75, 3.05) is 18.4 Å². The van der Waals surface area contributed by atoms with Gasteiger partial charge in [0.1, 0.15) is 17.1 Å². The molecule has 2 heterocycles. The van der Waals surface area contributed by atoms with E-state index in [1.165, 1.54) is 16.9 Å². The molecule has 1 aliphatic heterocycles. The zero-order valence-corrected chi connectivity index (χ0v) is 21.8. The molecule has 10 heteroatoms. The molecule has 1 fully saturated rings. The van der Waals surface area contributed by atoms with Crippen molar-refractivity contribution in [1.82, 2.24) is 14.7 Å². The molecular weight excluding hydrogens is 534 g/mol. The minimum absolute atomic E-state index is 0.0451. The third kappa shape index (κ3) is 5.92. The number of anilines is 1. The van der Waals surface area contributed by atoms with Gasteiger partial charge in [0, 0.05) is 35.2 Å². The molecule has 1 saturated heterocycles. The Morgan fingerprint density at radius 2 is 1.75 bits per heavy atom. The van der Waals surface area contributed by atoms with E-state index >= 15 is 0 Å². The Morgan fingerprint density at radius 3 is 2.36 bits per heavy atom. The number of nitrogens with zero attached hydrogens (tertiary/aromatic N) is 3. The number of nitrogens with one attached hydrogen (secondary N) is 1. The number of likely N-dealkylation sites (tertiary alicyclic amines) is 1.